The molecule has 1 saturated carbocycles. The second-order valence-electron chi connectivity index (χ2n) is 9.90. The van der Waals surface area contributed by atoms with E-state index < -0.39 is 23.8 Å². The number of aliphatic carboxylic acids is 1. The highest BCUT2D eigenvalue weighted by molar-refractivity contribution is 5.88. The average molecular weight is 495 g/mol. The van der Waals surface area contributed by atoms with Gasteiger partial charge in [0.25, 0.3) is 0 Å². The van der Waals surface area contributed by atoms with Gasteiger partial charge in [-0.25, -0.2) is 9.78 Å². The second kappa shape index (κ2) is 12.8. The van der Waals surface area contributed by atoms with Crippen molar-refractivity contribution >= 4 is 17.7 Å². The fourth-order valence-corrected chi connectivity index (χ4v) is 4.90. The van der Waals surface area contributed by atoms with Crippen LogP contribution in [-0.2, 0) is 22.4 Å². The van der Waals surface area contributed by atoms with E-state index in [4.69, 9.17) is 4.98 Å². The van der Waals surface area contributed by atoms with E-state index in [1.54, 1.807) is 24.3 Å². The molecule has 0 radical (unpaired) electrons. The first-order valence-corrected chi connectivity index (χ1v) is 13.2. The van der Waals surface area contributed by atoms with Crippen LogP contribution in [0.25, 0.3) is 0 Å². The molecule has 36 heavy (non-hydrogen) atoms. The molecule has 1 aromatic carbocycles. The highest BCUT2D eigenvalue weighted by atomic mass is 16.4. The highest BCUT2D eigenvalue weighted by Crippen LogP contribution is 2.28. The number of pyridine rings is 1. The summed E-state index contributed by atoms with van der Waals surface area (Å²) < 4.78 is 0. The third kappa shape index (κ3) is 7.27. The van der Waals surface area contributed by atoms with Crippen LogP contribution in [0.15, 0.2) is 42.5 Å². The van der Waals surface area contributed by atoms with Crippen LogP contribution in [0.1, 0.15) is 61.3 Å². The number of hydrogen-bond donors (Lipinski definition) is 4. The van der Waals surface area contributed by atoms with Crippen LogP contribution in [0.4, 0.5) is 5.82 Å². The summed E-state index contributed by atoms with van der Waals surface area (Å²) in [5.74, 6) is -1.24. The number of carbonyl (C=O) groups is 2. The summed E-state index contributed by atoms with van der Waals surface area (Å²) in [6.07, 6.45) is 7.86. The van der Waals surface area contributed by atoms with E-state index in [2.05, 4.69) is 27.7 Å². The first kappa shape index (κ1) is 26.1. The van der Waals surface area contributed by atoms with E-state index in [9.17, 15) is 19.8 Å². The van der Waals surface area contributed by atoms with Crippen molar-refractivity contribution in [3.63, 3.8) is 0 Å². The Morgan fingerprint density at radius 2 is 1.92 bits per heavy atom. The lowest BCUT2D eigenvalue weighted by Gasteiger charge is -2.25. The molecule has 0 saturated heterocycles. The topological polar surface area (TPSA) is 115 Å². The third-order valence-electron chi connectivity index (χ3n) is 7.16. The number of benzene rings is 1. The fourth-order valence-electron chi connectivity index (χ4n) is 4.90. The molecule has 8 heteroatoms. The zero-order valence-corrected chi connectivity index (χ0v) is 20.9. The van der Waals surface area contributed by atoms with Gasteiger partial charge in [0.1, 0.15) is 11.9 Å². The predicted octanol–water partition coefficient (Wildman–Crippen LogP) is 2.96. The Labute approximate surface area is 213 Å². The van der Waals surface area contributed by atoms with Crippen molar-refractivity contribution in [1.29, 1.82) is 0 Å². The summed E-state index contributed by atoms with van der Waals surface area (Å²) >= 11 is 0. The number of unbranched alkanes of at least 4 members (excludes halogenated alkanes) is 1. The molecule has 2 aliphatic rings. The van der Waals surface area contributed by atoms with E-state index in [0.717, 1.165) is 69.5 Å². The Morgan fingerprint density at radius 3 is 2.64 bits per heavy atom. The number of nitrogens with zero attached hydrogens (tertiary/aromatic N) is 2. The van der Waals surface area contributed by atoms with Gasteiger partial charge in [-0.15, -0.1) is 0 Å². The van der Waals surface area contributed by atoms with Gasteiger partial charge in [0.2, 0.25) is 5.91 Å². The van der Waals surface area contributed by atoms with E-state index in [1.807, 2.05) is 6.07 Å². The molecular formula is C28H38N4O4. The van der Waals surface area contributed by atoms with E-state index >= 15 is 0 Å². The first-order valence-electron chi connectivity index (χ1n) is 13.2. The smallest absolute Gasteiger partial charge is 0.326 e. The third-order valence-corrected chi connectivity index (χ3v) is 7.16. The van der Waals surface area contributed by atoms with Gasteiger partial charge in [-0.3, -0.25) is 4.79 Å². The number of rotatable bonds is 14. The minimum Gasteiger partial charge on any atom is -0.480 e. The summed E-state index contributed by atoms with van der Waals surface area (Å²) in [7, 11) is 0. The zero-order valence-electron chi connectivity index (χ0n) is 20.9. The van der Waals surface area contributed by atoms with Crippen molar-refractivity contribution in [3.8, 4) is 0 Å². The highest BCUT2D eigenvalue weighted by Gasteiger charge is 2.31. The molecule has 1 aromatic heterocycles. The van der Waals surface area contributed by atoms with Crippen LogP contribution >= 0.6 is 0 Å². The maximum atomic E-state index is 12.8. The number of amides is 1. The first-order chi connectivity index (χ1) is 17.5. The molecule has 0 unspecified atom stereocenters. The van der Waals surface area contributed by atoms with Crippen LogP contribution in [0.2, 0.25) is 0 Å². The van der Waals surface area contributed by atoms with Crippen LogP contribution in [0, 0.1) is 0 Å². The Balaban J connectivity index is 1.24. The molecule has 2 atom stereocenters. The van der Waals surface area contributed by atoms with E-state index in [0.29, 0.717) is 24.6 Å². The molecule has 1 aliphatic heterocycles. The Bertz CT molecular complexity index is 1010. The number of hydrogen-bond acceptors (Lipinski definition) is 6. The predicted molar refractivity (Wildman–Crippen MR) is 139 cm³/mol. The zero-order chi connectivity index (χ0) is 25.3. The lowest BCUT2D eigenvalue weighted by molar-refractivity contribution is -0.142. The van der Waals surface area contributed by atoms with Crippen LogP contribution in [0.5, 0.6) is 0 Å². The molecule has 0 spiro atoms. The molecule has 0 bridgehead atoms. The van der Waals surface area contributed by atoms with Crippen molar-refractivity contribution in [3.05, 3.63) is 59.3 Å². The number of carboxylic acid groups (broad SMARTS) is 1. The van der Waals surface area contributed by atoms with Gasteiger partial charge >= 0.3 is 5.97 Å². The number of anilines is 1. The SMILES string of the molecule is O=C(O)[C@H](CCN(CCCCc1ccc2c(n1)NCCC2)C1CC1)NC(=O)[C@@H](CO)c1ccccc1. The fraction of sp³-hybridized carbons (Fsp3) is 0.536. The monoisotopic (exact) mass is 494 g/mol. The molecule has 1 fully saturated rings. The van der Waals surface area contributed by atoms with Gasteiger partial charge in [0, 0.05) is 24.8 Å². The quantitative estimate of drug-likeness (QED) is 0.299. The number of aliphatic hydroxyl groups excluding tert-OH is 1. The Kier molecular flexibility index (Phi) is 9.30. The van der Waals surface area contributed by atoms with Gasteiger partial charge in [0.15, 0.2) is 0 Å². The average Bonchev–Trinajstić information content (AvgIpc) is 3.74. The Morgan fingerprint density at radius 1 is 1.11 bits per heavy atom. The number of fused-ring (bicyclic) bond motifs is 1. The molecule has 4 rings (SSSR count). The maximum Gasteiger partial charge on any atom is 0.326 e. The molecule has 1 amide bonds. The number of carboxylic acids is 1. The molecule has 1 aliphatic carbocycles. The summed E-state index contributed by atoms with van der Waals surface area (Å²) in [5, 5.41) is 25.5. The molecule has 8 nitrogen and oxygen atoms in total. The number of carbonyl (C=O) groups excluding carboxylic acids is 1. The standard InChI is InChI=1S/C28H38N4O4/c33-19-24(20-7-2-1-3-8-20)27(34)31-25(28(35)36)15-18-32(23-13-14-23)17-5-4-10-22-12-11-21-9-6-16-29-26(21)30-22/h1-3,7-8,11-12,23-25,33H,4-6,9-10,13-19H2,(H,29,30)(H,31,34)(H,35,36)/t24-,25-/m0/s1. The van der Waals surface area contributed by atoms with Crippen molar-refractivity contribution in [2.75, 3.05) is 31.6 Å². The minimum absolute atomic E-state index is 0.336. The van der Waals surface area contributed by atoms with Crippen molar-refractivity contribution in [2.24, 2.45) is 0 Å². The number of aliphatic hydroxyl groups is 1. The largest absolute Gasteiger partial charge is 0.480 e. The molecule has 4 N–H and O–H groups in total. The van der Waals surface area contributed by atoms with Crippen molar-refractivity contribution in [2.45, 2.75) is 69.4 Å². The minimum atomic E-state index is -1.05. The molecule has 2 heterocycles. The van der Waals surface area contributed by atoms with Gasteiger partial charge in [-0.2, -0.15) is 0 Å². The number of aromatic nitrogens is 1. The van der Waals surface area contributed by atoms with Crippen LogP contribution in [-0.4, -0.2) is 70.3 Å². The summed E-state index contributed by atoms with van der Waals surface area (Å²) in [5.41, 5.74) is 3.09. The van der Waals surface area contributed by atoms with Crippen molar-refractivity contribution in [1.82, 2.24) is 15.2 Å². The second-order valence-corrected chi connectivity index (χ2v) is 9.90. The van der Waals surface area contributed by atoms with Crippen LogP contribution in [0.3, 0.4) is 0 Å². The van der Waals surface area contributed by atoms with Gasteiger partial charge in [0.05, 0.1) is 12.5 Å². The van der Waals surface area contributed by atoms with Crippen molar-refractivity contribution < 1.29 is 19.8 Å². The maximum absolute atomic E-state index is 12.8. The van der Waals surface area contributed by atoms with Gasteiger partial charge in [-0.05, 0) is 75.1 Å². The molecule has 194 valence electrons. The molecule has 2 aromatic rings. The summed E-state index contributed by atoms with van der Waals surface area (Å²) in [6, 6.07) is 12.8. The van der Waals surface area contributed by atoms with Gasteiger partial charge < -0.3 is 25.7 Å². The summed E-state index contributed by atoms with van der Waals surface area (Å²) in [4.78, 5) is 31.8. The van der Waals surface area contributed by atoms with Gasteiger partial charge in [-0.1, -0.05) is 36.4 Å². The normalized spacial score (nSPS) is 16.6. The lowest BCUT2D eigenvalue weighted by Crippen LogP contribution is -2.45. The lowest BCUT2D eigenvalue weighted by atomic mass is 9.98. The molecular weight excluding hydrogens is 456 g/mol. The van der Waals surface area contributed by atoms with Crippen LogP contribution < -0.4 is 10.6 Å². The van der Waals surface area contributed by atoms with E-state index in [-0.39, 0.29) is 6.61 Å². The van der Waals surface area contributed by atoms with E-state index in [1.165, 1.54) is 5.56 Å². The summed E-state index contributed by atoms with van der Waals surface area (Å²) in [6.45, 7) is 2.16. The number of nitrogens with one attached hydrogen (secondary N) is 2. The number of aryl methyl sites for hydroxylation is 2. The Hall–Kier alpha value is -2.97.